The van der Waals surface area contributed by atoms with Crippen LogP contribution >= 0.6 is 0 Å². The summed E-state index contributed by atoms with van der Waals surface area (Å²) >= 11 is 0. The van der Waals surface area contributed by atoms with Gasteiger partial charge in [-0.25, -0.2) is 0 Å². The van der Waals surface area contributed by atoms with Crippen molar-refractivity contribution in [3.8, 4) is 0 Å². The van der Waals surface area contributed by atoms with Crippen LogP contribution in [0, 0.1) is 6.92 Å². The number of nitrogens with zero attached hydrogens (tertiary/aromatic N) is 2. The number of ketones is 1. The molecule has 3 heterocycles. The van der Waals surface area contributed by atoms with E-state index < -0.39 is 17.7 Å². The van der Waals surface area contributed by atoms with E-state index in [-0.39, 0.29) is 11.3 Å². The smallest absolute Gasteiger partial charge is 0.295 e. The molecular weight excluding hydrogens is 394 g/mol. The zero-order chi connectivity index (χ0) is 21.8. The molecule has 0 bridgehead atoms. The number of amides is 1. The molecule has 1 aromatic heterocycles. The number of aliphatic hydroxyl groups is 1. The lowest BCUT2D eigenvalue weighted by atomic mass is 9.95. The van der Waals surface area contributed by atoms with Gasteiger partial charge in [0.15, 0.2) is 0 Å². The molecule has 31 heavy (non-hydrogen) atoms. The third kappa shape index (κ3) is 4.52. The van der Waals surface area contributed by atoms with Crippen molar-refractivity contribution in [3.63, 3.8) is 0 Å². The number of benzene rings is 1. The summed E-state index contributed by atoms with van der Waals surface area (Å²) in [6, 6.07) is 10.2. The van der Waals surface area contributed by atoms with Gasteiger partial charge < -0.3 is 19.6 Å². The summed E-state index contributed by atoms with van der Waals surface area (Å²) in [7, 11) is 0. The molecule has 0 aliphatic carbocycles. The lowest BCUT2D eigenvalue weighted by molar-refractivity contribution is -0.908. The van der Waals surface area contributed by atoms with Gasteiger partial charge >= 0.3 is 0 Å². The minimum atomic E-state index is -0.640. The third-order valence-corrected chi connectivity index (χ3v) is 6.02. The Labute approximate surface area is 182 Å². The highest BCUT2D eigenvalue weighted by Gasteiger charge is 2.45. The highest BCUT2D eigenvalue weighted by atomic mass is 16.5. The van der Waals surface area contributed by atoms with Gasteiger partial charge in [-0.2, -0.15) is 0 Å². The normalized spacial score (nSPS) is 21.6. The summed E-state index contributed by atoms with van der Waals surface area (Å²) in [5.41, 5.74) is 2.48. The molecule has 7 nitrogen and oxygen atoms in total. The molecule has 4 rings (SSSR count). The number of likely N-dealkylation sites (tertiary alicyclic amines) is 1. The molecule has 0 spiro atoms. The Morgan fingerprint density at radius 2 is 1.81 bits per heavy atom. The number of aryl methyl sites for hydroxylation is 1. The van der Waals surface area contributed by atoms with Gasteiger partial charge in [-0.3, -0.25) is 14.6 Å². The Morgan fingerprint density at radius 1 is 1.13 bits per heavy atom. The number of hydrogen-bond acceptors (Lipinski definition) is 5. The number of Topliss-reactive ketones (excluding diaryl/α,β-unsaturated/α-hetero) is 1. The number of rotatable bonds is 6. The Morgan fingerprint density at radius 3 is 2.48 bits per heavy atom. The molecule has 2 fully saturated rings. The van der Waals surface area contributed by atoms with Crippen LogP contribution in [0.3, 0.4) is 0 Å². The predicted molar refractivity (Wildman–Crippen MR) is 115 cm³/mol. The topological polar surface area (TPSA) is 84.2 Å². The van der Waals surface area contributed by atoms with Crippen LogP contribution in [0.2, 0.25) is 0 Å². The molecule has 1 atom stereocenters. The van der Waals surface area contributed by atoms with E-state index >= 15 is 0 Å². The molecule has 2 aromatic rings. The van der Waals surface area contributed by atoms with Crippen molar-refractivity contribution in [3.05, 3.63) is 71.1 Å². The van der Waals surface area contributed by atoms with Gasteiger partial charge in [-0.1, -0.05) is 29.8 Å². The van der Waals surface area contributed by atoms with Crippen molar-refractivity contribution < 1.29 is 24.3 Å². The van der Waals surface area contributed by atoms with Crippen LogP contribution in [0.4, 0.5) is 0 Å². The first-order chi connectivity index (χ1) is 15.1. The monoisotopic (exact) mass is 422 g/mol. The standard InChI is InChI=1S/C24H27N3O4/c1-17-3-5-19(6-4-17)22(28)20-21(18-7-9-25-10-8-18)27(24(30)23(20)29)12-2-11-26-13-15-31-16-14-26/h3-10,21,28H,2,11-16H2,1H3/p+1/t21-/m0/s1. The zero-order valence-corrected chi connectivity index (χ0v) is 17.7. The molecule has 1 amide bonds. The molecule has 7 heteroatoms. The van der Waals surface area contributed by atoms with E-state index in [1.807, 2.05) is 19.1 Å². The van der Waals surface area contributed by atoms with Crippen molar-refractivity contribution >= 4 is 17.4 Å². The second-order valence-electron chi connectivity index (χ2n) is 8.10. The second-order valence-corrected chi connectivity index (χ2v) is 8.10. The predicted octanol–water partition coefficient (Wildman–Crippen LogP) is 1.12. The van der Waals surface area contributed by atoms with Gasteiger partial charge in [0.1, 0.15) is 18.8 Å². The molecule has 2 aliphatic heterocycles. The number of pyridine rings is 1. The van der Waals surface area contributed by atoms with Crippen molar-refractivity contribution in [2.45, 2.75) is 19.4 Å². The lowest BCUT2D eigenvalue weighted by Crippen LogP contribution is -3.14. The van der Waals surface area contributed by atoms with Gasteiger partial charge in [0.05, 0.1) is 31.4 Å². The van der Waals surface area contributed by atoms with Crippen LogP contribution < -0.4 is 4.90 Å². The van der Waals surface area contributed by atoms with Crippen LogP contribution in [-0.2, 0) is 14.3 Å². The van der Waals surface area contributed by atoms with Crippen LogP contribution in [0.1, 0.15) is 29.2 Å². The number of hydrogen-bond donors (Lipinski definition) is 2. The number of nitrogens with one attached hydrogen (secondary N) is 1. The van der Waals surface area contributed by atoms with Crippen LogP contribution in [0.25, 0.3) is 5.76 Å². The van der Waals surface area contributed by atoms with Crippen molar-refractivity contribution in [2.75, 3.05) is 39.4 Å². The molecule has 0 unspecified atom stereocenters. The second kappa shape index (κ2) is 9.41. The highest BCUT2D eigenvalue weighted by molar-refractivity contribution is 6.46. The molecule has 2 saturated heterocycles. The molecule has 2 aliphatic rings. The molecule has 0 saturated carbocycles. The molecule has 162 valence electrons. The van der Waals surface area contributed by atoms with Gasteiger partial charge in [0, 0.05) is 30.9 Å². The number of carbonyl (C=O) groups excluding carboxylic acids is 2. The summed E-state index contributed by atoms with van der Waals surface area (Å²) in [5.74, 6) is -1.34. The van der Waals surface area contributed by atoms with Crippen molar-refractivity contribution in [2.24, 2.45) is 0 Å². The van der Waals surface area contributed by atoms with E-state index in [1.165, 1.54) is 4.90 Å². The van der Waals surface area contributed by atoms with Crippen LogP contribution in [0.5, 0.6) is 0 Å². The Kier molecular flexibility index (Phi) is 6.44. The highest BCUT2D eigenvalue weighted by Crippen LogP contribution is 2.39. The van der Waals surface area contributed by atoms with E-state index in [0.29, 0.717) is 12.1 Å². The number of ether oxygens (including phenoxy) is 1. The maximum absolute atomic E-state index is 13.0. The average molecular weight is 423 g/mol. The summed E-state index contributed by atoms with van der Waals surface area (Å²) in [6.45, 7) is 6.75. The largest absolute Gasteiger partial charge is 0.507 e. The summed E-state index contributed by atoms with van der Waals surface area (Å²) in [6.07, 6.45) is 4.05. The Hall–Kier alpha value is -3.03. The number of aliphatic hydroxyl groups excluding tert-OH is 1. The first-order valence-corrected chi connectivity index (χ1v) is 10.7. The molecule has 0 radical (unpaired) electrons. The SMILES string of the molecule is Cc1ccc(C(O)=C2C(=O)C(=O)N(CCC[NH+]3CCOCC3)[C@H]2c2ccncc2)cc1. The van der Waals surface area contributed by atoms with E-state index in [4.69, 9.17) is 4.74 Å². The van der Waals surface area contributed by atoms with E-state index in [9.17, 15) is 14.7 Å². The van der Waals surface area contributed by atoms with Crippen molar-refractivity contribution in [1.29, 1.82) is 0 Å². The van der Waals surface area contributed by atoms with Gasteiger partial charge in [0.2, 0.25) is 0 Å². The Bertz CT molecular complexity index is 966. The minimum Gasteiger partial charge on any atom is -0.507 e. The maximum atomic E-state index is 13.0. The first-order valence-electron chi connectivity index (χ1n) is 10.7. The van der Waals surface area contributed by atoms with Gasteiger partial charge in [-0.05, 0) is 24.6 Å². The third-order valence-electron chi connectivity index (χ3n) is 6.02. The van der Waals surface area contributed by atoms with E-state index in [1.54, 1.807) is 41.6 Å². The average Bonchev–Trinajstić information content (AvgIpc) is 3.05. The molecule has 2 N–H and O–H groups in total. The number of carbonyl (C=O) groups is 2. The first kappa shape index (κ1) is 21.2. The lowest BCUT2D eigenvalue weighted by Gasteiger charge is -2.27. The van der Waals surface area contributed by atoms with E-state index in [2.05, 4.69) is 4.98 Å². The molecule has 1 aromatic carbocycles. The summed E-state index contributed by atoms with van der Waals surface area (Å²) in [4.78, 5) is 33.1. The molecular formula is C24H28N3O4+. The van der Waals surface area contributed by atoms with Crippen LogP contribution in [-0.4, -0.2) is 66.1 Å². The summed E-state index contributed by atoms with van der Waals surface area (Å²) < 4.78 is 5.41. The van der Waals surface area contributed by atoms with Crippen molar-refractivity contribution in [1.82, 2.24) is 9.88 Å². The van der Waals surface area contributed by atoms with Gasteiger partial charge in [0.25, 0.3) is 11.7 Å². The fraction of sp³-hybridized carbons (Fsp3) is 0.375. The maximum Gasteiger partial charge on any atom is 0.295 e. The summed E-state index contributed by atoms with van der Waals surface area (Å²) in [5, 5.41) is 11.0. The number of quaternary nitrogens is 1. The number of morpholine rings is 1. The number of aromatic nitrogens is 1. The zero-order valence-electron chi connectivity index (χ0n) is 17.7. The van der Waals surface area contributed by atoms with Gasteiger partial charge in [-0.15, -0.1) is 0 Å². The minimum absolute atomic E-state index is 0.138. The van der Waals surface area contributed by atoms with E-state index in [0.717, 1.165) is 50.4 Å². The van der Waals surface area contributed by atoms with Crippen LogP contribution in [0.15, 0.2) is 54.4 Å². The fourth-order valence-corrected chi connectivity index (χ4v) is 4.28. The Balaban J connectivity index is 1.64. The fourth-order valence-electron chi connectivity index (χ4n) is 4.28. The quantitative estimate of drug-likeness (QED) is 0.414.